The Labute approximate surface area is 112 Å². The van der Waals surface area contributed by atoms with E-state index in [9.17, 15) is 4.79 Å². The predicted octanol–water partition coefficient (Wildman–Crippen LogP) is 1.97. The molecule has 1 N–H and O–H groups in total. The van der Waals surface area contributed by atoms with Crippen LogP contribution < -0.4 is 0 Å². The Kier molecular flexibility index (Phi) is 2.88. The number of nitrogens with zero attached hydrogens (tertiary/aromatic N) is 4. The van der Waals surface area contributed by atoms with Crippen molar-refractivity contribution >= 4 is 23.2 Å². The number of rotatable bonds is 3. The van der Waals surface area contributed by atoms with Crippen molar-refractivity contribution < 1.29 is 9.90 Å². The molecule has 3 aromatic rings. The minimum atomic E-state index is -0.986. The maximum absolute atomic E-state index is 10.7. The SMILES string of the molecule is O=C(O)c1ccc(Sc2nccn3nccc23)nc1. The third kappa shape index (κ3) is 2.27. The number of hydrogen-bond donors (Lipinski definition) is 1. The van der Waals surface area contributed by atoms with E-state index in [4.69, 9.17) is 5.11 Å². The van der Waals surface area contributed by atoms with Gasteiger partial charge in [-0.3, -0.25) is 0 Å². The molecule has 0 amide bonds. The molecule has 19 heavy (non-hydrogen) atoms. The highest BCUT2D eigenvalue weighted by atomic mass is 32.2. The molecule has 0 saturated heterocycles. The van der Waals surface area contributed by atoms with Crippen LogP contribution in [0.4, 0.5) is 0 Å². The summed E-state index contributed by atoms with van der Waals surface area (Å²) >= 11 is 1.37. The largest absolute Gasteiger partial charge is 0.478 e. The molecule has 0 aliphatic rings. The Morgan fingerprint density at radius 2 is 2.11 bits per heavy atom. The van der Waals surface area contributed by atoms with Crippen LogP contribution in [0.1, 0.15) is 10.4 Å². The van der Waals surface area contributed by atoms with E-state index < -0.39 is 5.97 Å². The Hall–Kier alpha value is -2.41. The number of carbonyl (C=O) groups is 1. The molecule has 0 aliphatic heterocycles. The van der Waals surface area contributed by atoms with E-state index in [1.807, 2.05) is 6.07 Å². The smallest absolute Gasteiger partial charge is 0.337 e. The standard InChI is InChI=1S/C12H8N4O2S/c17-12(18)8-1-2-10(14-7-8)19-11-9-3-4-15-16(9)6-5-13-11/h1-7H,(H,17,18). The van der Waals surface area contributed by atoms with Crippen molar-refractivity contribution in [1.29, 1.82) is 0 Å². The average molecular weight is 272 g/mol. The second kappa shape index (κ2) is 4.69. The maximum Gasteiger partial charge on any atom is 0.337 e. The van der Waals surface area contributed by atoms with Gasteiger partial charge >= 0.3 is 5.97 Å². The van der Waals surface area contributed by atoms with Crippen LogP contribution in [0, 0.1) is 0 Å². The molecule has 0 bridgehead atoms. The number of pyridine rings is 1. The van der Waals surface area contributed by atoms with Crippen LogP contribution in [-0.4, -0.2) is 30.7 Å². The van der Waals surface area contributed by atoms with Gasteiger partial charge < -0.3 is 5.11 Å². The zero-order valence-corrected chi connectivity index (χ0v) is 10.4. The minimum Gasteiger partial charge on any atom is -0.478 e. The minimum absolute atomic E-state index is 0.167. The topological polar surface area (TPSA) is 80.4 Å². The van der Waals surface area contributed by atoms with Crippen molar-refractivity contribution in [2.45, 2.75) is 10.1 Å². The summed E-state index contributed by atoms with van der Waals surface area (Å²) in [6.07, 6.45) is 6.46. The van der Waals surface area contributed by atoms with E-state index in [2.05, 4.69) is 15.1 Å². The molecule has 0 spiro atoms. The number of fused-ring (bicyclic) bond motifs is 1. The molecule has 0 radical (unpaired) electrons. The lowest BCUT2D eigenvalue weighted by atomic mass is 10.3. The van der Waals surface area contributed by atoms with E-state index in [1.165, 1.54) is 24.0 Å². The van der Waals surface area contributed by atoms with Gasteiger partial charge in [0.25, 0.3) is 0 Å². The lowest BCUT2D eigenvalue weighted by Crippen LogP contribution is -1.97. The van der Waals surface area contributed by atoms with Crippen LogP contribution in [0.2, 0.25) is 0 Å². The maximum atomic E-state index is 10.7. The van der Waals surface area contributed by atoms with Crippen LogP contribution in [0.25, 0.3) is 5.52 Å². The van der Waals surface area contributed by atoms with Gasteiger partial charge in [-0.15, -0.1) is 0 Å². The summed E-state index contributed by atoms with van der Waals surface area (Å²) in [5.41, 5.74) is 1.05. The van der Waals surface area contributed by atoms with Gasteiger partial charge in [0.15, 0.2) is 0 Å². The fourth-order valence-corrected chi connectivity index (χ4v) is 2.40. The summed E-state index contributed by atoms with van der Waals surface area (Å²) in [5.74, 6) is -0.986. The first kappa shape index (κ1) is 11.7. The molecular formula is C12H8N4O2S. The zero-order chi connectivity index (χ0) is 13.2. The number of aromatic carboxylic acids is 1. The first-order valence-corrected chi connectivity index (χ1v) is 6.21. The third-order valence-electron chi connectivity index (χ3n) is 2.47. The van der Waals surface area contributed by atoms with Gasteiger partial charge in [-0.1, -0.05) is 0 Å². The second-order valence-electron chi connectivity index (χ2n) is 3.69. The second-order valence-corrected chi connectivity index (χ2v) is 4.69. The molecule has 3 heterocycles. The normalized spacial score (nSPS) is 10.7. The van der Waals surface area contributed by atoms with Crippen molar-refractivity contribution in [1.82, 2.24) is 19.6 Å². The average Bonchev–Trinajstić information content (AvgIpc) is 2.89. The Balaban J connectivity index is 1.92. The molecule has 3 rings (SSSR count). The van der Waals surface area contributed by atoms with E-state index >= 15 is 0 Å². The van der Waals surface area contributed by atoms with Crippen molar-refractivity contribution in [3.8, 4) is 0 Å². The Morgan fingerprint density at radius 1 is 1.21 bits per heavy atom. The molecule has 0 aliphatic carbocycles. The molecule has 6 nitrogen and oxygen atoms in total. The molecule has 0 saturated carbocycles. The van der Waals surface area contributed by atoms with Crippen molar-refractivity contribution in [2.75, 3.05) is 0 Å². The van der Waals surface area contributed by atoms with Gasteiger partial charge in [0.05, 0.1) is 17.3 Å². The lowest BCUT2D eigenvalue weighted by molar-refractivity contribution is 0.0696. The summed E-state index contributed by atoms with van der Waals surface area (Å²) in [6.45, 7) is 0. The highest BCUT2D eigenvalue weighted by Gasteiger charge is 2.08. The quantitative estimate of drug-likeness (QED) is 0.785. The van der Waals surface area contributed by atoms with Crippen LogP contribution in [0.3, 0.4) is 0 Å². The highest BCUT2D eigenvalue weighted by Crippen LogP contribution is 2.27. The zero-order valence-electron chi connectivity index (χ0n) is 9.59. The predicted molar refractivity (Wildman–Crippen MR) is 68.3 cm³/mol. The Bertz CT molecular complexity index is 739. The van der Waals surface area contributed by atoms with Gasteiger partial charge in [-0.25, -0.2) is 19.3 Å². The van der Waals surface area contributed by atoms with Gasteiger partial charge in [0, 0.05) is 18.6 Å². The molecule has 7 heteroatoms. The van der Waals surface area contributed by atoms with Gasteiger partial charge in [-0.2, -0.15) is 5.10 Å². The first-order valence-electron chi connectivity index (χ1n) is 5.39. The molecule has 0 fully saturated rings. The highest BCUT2D eigenvalue weighted by molar-refractivity contribution is 7.99. The van der Waals surface area contributed by atoms with E-state index in [0.717, 1.165) is 10.5 Å². The lowest BCUT2D eigenvalue weighted by Gasteiger charge is -2.02. The fraction of sp³-hybridized carbons (Fsp3) is 0. The molecular weight excluding hydrogens is 264 g/mol. The number of carboxylic acid groups (broad SMARTS) is 1. The third-order valence-corrected chi connectivity index (χ3v) is 3.43. The van der Waals surface area contributed by atoms with Crippen molar-refractivity contribution in [2.24, 2.45) is 0 Å². The summed E-state index contributed by atoms with van der Waals surface area (Å²) in [4.78, 5) is 19.1. The summed E-state index contributed by atoms with van der Waals surface area (Å²) in [6, 6.07) is 5.05. The number of hydrogen-bond acceptors (Lipinski definition) is 5. The number of aromatic nitrogens is 4. The molecule has 94 valence electrons. The molecule has 0 aromatic carbocycles. The van der Waals surface area contributed by atoms with Gasteiger partial charge in [0.2, 0.25) is 0 Å². The summed E-state index contributed by atoms with van der Waals surface area (Å²) < 4.78 is 1.72. The van der Waals surface area contributed by atoms with E-state index in [1.54, 1.807) is 29.2 Å². The molecule has 0 atom stereocenters. The summed E-state index contributed by atoms with van der Waals surface area (Å²) in [5, 5.41) is 14.4. The van der Waals surface area contributed by atoms with Crippen LogP contribution in [0.15, 0.2) is 53.0 Å². The molecule has 0 unspecified atom stereocenters. The van der Waals surface area contributed by atoms with Crippen LogP contribution in [-0.2, 0) is 0 Å². The van der Waals surface area contributed by atoms with Crippen molar-refractivity contribution in [3.63, 3.8) is 0 Å². The van der Waals surface area contributed by atoms with E-state index in [-0.39, 0.29) is 5.56 Å². The number of carboxylic acids is 1. The molecule has 3 aromatic heterocycles. The van der Waals surface area contributed by atoms with Gasteiger partial charge in [0.1, 0.15) is 10.1 Å². The van der Waals surface area contributed by atoms with E-state index in [0.29, 0.717) is 5.03 Å². The first-order chi connectivity index (χ1) is 9.24. The van der Waals surface area contributed by atoms with Crippen LogP contribution in [0.5, 0.6) is 0 Å². The summed E-state index contributed by atoms with van der Waals surface area (Å²) in [7, 11) is 0. The Morgan fingerprint density at radius 3 is 2.84 bits per heavy atom. The monoisotopic (exact) mass is 272 g/mol. The van der Waals surface area contributed by atoms with Gasteiger partial charge in [-0.05, 0) is 30.0 Å². The fourth-order valence-electron chi connectivity index (χ4n) is 1.58. The van der Waals surface area contributed by atoms with Crippen LogP contribution >= 0.6 is 11.8 Å². The van der Waals surface area contributed by atoms with Crippen molar-refractivity contribution in [3.05, 3.63) is 48.5 Å².